The van der Waals surface area contributed by atoms with Crippen LogP contribution in [0.15, 0.2) is 72.5 Å². The van der Waals surface area contributed by atoms with Crippen LogP contribution in [0.1, 0.15) is 62.8 Å². The molecule has 4 heteroatoms. The lowest BCUT2D eigenvalue weighted by Crippen LogP contribution is -2.18. The van der Waals surface area contributed by atoms with Crippen molar-refractivity contribution >= 4 is 24.1 Å². The zero-order valence-electron chi connectivity index (χ0n) is 18.5. The summed E-state index contributed by atoms with van der Waals surface area (Å²) in [5.74, 6) is -0.564. The molecule has 0 aliphatic carbocycles. The standard InChI is InChI=1S/C27H28O4/c1-5-25(28)30-19-7-9-21-11-15-23(16-12-21)27(3,4)24-17-13-22(14-18-24)10-8-20-31-26(29)6-2/h9-20H,5-6H2,1-4H3. The van der Waals surface area contributed by atoms with E-state index in [-0.39, 0.29) is 17.4 Å². The first-order valence-electron chi connectivity index (χ1n) is 10.3. The molecular formula is C27H28O4. The monoisotopic (exact) mass is 416 g/mol. The number of esters is 2. The van der Waals surface area contributed by atoms with E-state index in [1.165, 1.54) is 23.7 Å². The van der Waals surface area contributed by atoms with Crippen LogP contribution < -0.4 is 0 Å². The Morgan fingerprint density at radius 2 is 1.10 bits per heavy atom. The van der Waals surface area contributed by atoms with Gasteiger partial charge in [0.2, 0.25) is 0 Å². The van der Waals surface area contributed by atoms with E-state index in [9.17, 15) is 9.59 Å². The topological polar surface area (TPSA) is 52.6 Å². The Labute approximate surface area is 184 Å². The van der Waals surface area contributed by atoms with E-state index in [1.54, 1.807) is 26.0 Å². The first kappa shape index (κ1) is 23.7. The predicted octanol–water partition coefficient (Wildman–Crippen LogP) is 6.17. The fourth-order valence-electron chi connectivity index (χ4n) is 2.79. The van der Waals surface area contributed by atoms with Gasteiger partial charge in [-0.1, -0.05) is 87.7 Å². The number of hydrogen-bond acceptors (Lipinski definition) is 4. The van der Waals surface area contributed by atoms with Gasteiger partial charge >= 0.3 is 11.9 Å². The molecule has 2 aromatic rings. The van der Waals surface area contributed by atoms with Gasteiger partial charge in [-0.2, -0.15) is 0 Å². The highest BCUT2D eigenvalue weighted by Gasteiger charge is 2.22. The van der Waals surface area contributed by atoms with Crippen LogP contribution >= 0.6 is 0 Å². The number of carbonyl (C=O) groups is 2. The van der Waals surface area contributed by atoms with E-state index in [4.69, 9.17) is 9.47 Å². The van der Waals surface area contributed by atoms with Crippen molar-refractivity contribution in [2.75, 3.05) is 0 Å². The second kappa shape index (κ2) is 11.6. The van der Waals surface area contributed by atoms with Crippen molar-refractivity contribution < 1.29 is 19.1 Å². The summed E-state index contributed by atoms with van der Waals surface area (Å²) in [6.07, 6.45) is 6.78. The van der Waals surface area contributed by atoms with Crippen molar-refractivity contribution in [3.8, 4) is 0 Å². The van der Waals surface area contributed by atoms with E-state index >= 15 is 0 Å². The van der Waals surface area contributed by atoms with Crippen LogP contribution in [-0.2, 0) is 24.5 Å². The summed E-state index contributed by atoms with van der Waals surface area (Å²) in [4.78, 5) is 22.2. The van der Waals surface area contributed by atoms with E-state index in [0.29, 0.717) is 12.8 Å². The van der Waals surface area contributed by atoms with Crippen molar-refractivity contribution in [2.24, 2.45) is 0 Å². The quantitative estimate of drug-likeness (QED) is 0.293. The fourth-order valence-corrected chi connectivity index (χ4v) is 2.79. The molecule has 0 aliphatic heterocycles. The van der Waals surface area contributed by atoms with Crippen LogP contribution in [0.2, 0.25) is 0 Å². The Kier molecular flexibility index (Phi) is 8.84. The maximum absolute atomic E-state index is 11.1. The molecule has 0 saturated carbocycles. The van der Waals surface area contributed by atoms with Gasteiger partial charge in [0.25, 0.3) is 0 Å². The molecule has 0 spiro atoms. The largest absolute Gasteiger partial charge is 0.426 e. The average molecular weight is 417 g/mol. The van der Waals surface area contributed by atoms with Gasteiger partial charge in [0.05, 0.1) is 0 Å². The third-order valence-electron chi connectivity index (χ3n) is 4.86. The van der Waals surface area contributed by atoms with Crippen molar-refractivity contribution in [1.29, 1.82) is 0 Å². The van der Waals surface area contributed by atoms with Crippen molar-refractivity contribution in [3.05, 3.63) is 94.8 Å². The van der Waals surface area contributed by atoms with Gasteiger partial charge < -0.3 is 9.47 Å². The zero-order valence-corrected chi connectivity index (χ0v) is 18.5. The second-order valence-electron chi connectivity index (χ2n) is 7.41. The molecule has 0 amide bonds. The predicted molar refractivity (Wildman–Crippen MR) is 123 cm³/mol. The van der Waals surface area contributed by atoms with Gasteiger partial charge in [-0.25, -0.2) is 0 Å². The summed E-state index contributed by atoms with van der Waals surface area (Å²) >= 11 is 0. The lowest BCUT2D eigenvalue weighted by Gasteiger charge is -2.26. The highest BCUT2D eigenvalue weighted by Crippen LogP contribution is 2.31. The Morgan fingerprint density at radius 3 is 1.42 bits per heavy atom. The lowest BCUT2D eigenvalue weighted by molar-refractivity contribution is -0.138. The van der Waals surface area contributed by atoms with E-state index in [0.717, 1.165) is 11.1 Å². The summed E-state index contributed by atoms with van der Waals surface area (Å²) in [6.45, 7) is 7.84. The molecule has 0 aromatic heterocycles. The summed E-state index contributed by atoms with van der Waals surface area (Å²) in [6, 6.07) is 16.4. The molecule has 31 heavy (non-hydrogen) atoms. The minimum atomic E-state index is -0.282. The van der Waals surface area contributed by atoms with Gasteiger partial charge in [-0.15, -0.1) is 0 Å². The molecule has 0 unspecified atom stereocenters. The molecule has 0 N–H and O–H groups in total. The third kappa shape index (κ3) is 7.31. The van der Waals surface area contributed by atoms with E-state index in [2.05, 4.69) is 49.6 Å². The number of benzene rings is 2. The third-order valence-corrected chi connectivity index (χ3v) is 4.86. The molecule has 2 aromatic carbocycles. The molecule has 0 radical (unpaired) electrons. The van der Waals surface area contributed by atoms with Crippen molar-refractivity contribution in [3.63, 3.8) is 0 Å². The van der Waals surface area contributed by atoms with Crippen LogP contribution in [0.25, 0.3) is 12.2 Å². The van der Waals surface area contributed by atoms with Crippen LogP contribution in [-0.4, -0.2) is 11.9 Å². The van der Waals surface area contributed by atoms with Gasteiger partial charge in [-0.3, -0.25) is 9.59 Å². The molecule has 0 fully saturated rings. The van der Waals surface area contributed by atoms with Crippen LogP contribution in [0, 0.1) is 0 Å². The van der Waals surface area contributed by atoms with Gasteiger partial charge in [0.1, 0.15) is 12.5 Å². The minimum Gasteiger partial charge on any atom is -0.426 e. The Bertz CT molecular complexity index is 928. The maximum Gasteiger partial charge on any atom is 0.310 e. The molecular weight excluding hydrogens is 388 g/mol. The molecule has 0 saturated heterocycles. The first-order chi connectivity index (χ1) is 14.9. The van der Waals surface area contributed by atoms with Gasteiger partial charge in [-0.05, 0) is 34.4 Å². The first-order valence-corrected chi connectivity index (χ1v) is 10.3. The van der Waals surface area contributed by atoms with Crippen LogP contribution in [0.4, 0.5) is 0 Å². The summed E-state index contributed by atoms with van der Waals surface area (Å²) in [5, 5.41) is 0. The van der Waals surface area contributed by atoms with Gasteiger partial charge in [0.15, 0.2) is 0 Å². The smallest absolute Gasteiger partial charge is 0.310 e. The molecule has 0 atom stereocenters. The Morgan fingerprint density at radius 1 is 0.742 bits per heavy atom. The number of hydrogen-bond donors (Lipinski definition) is 0. The SMILES string of the molecule is CCC(=O)OC=C=Cc1ccc(C(C)(C)c2ccc(C=C=COC(=O)CC)cc2)cc1. The molecule has 0 heterocycles. The van der Waals surface area contributed by atoms with Gasteiger partial charge in [0, 0.05) is 18.3 Å². The summed E-state index contributed by atoms with van der Waals surface area (Å²) in [7, 11) is 0. The Balaban J connectivity index is 2.09. The van der Waals surface area contributed by atoms with Crippen LogP contribution in [0.5, 0.6) is 0 Å². The number of carbonyl (C=O) groups excluding carboxylic acids is 2. The molecule has 160 valence electrons. The average Bonchev–Trinajstić information content (AvgIpc) is 2.79. The maximum atomic E-state index is 11.1. The second-order valence-corrected chi connectivity index (χ2v) is 7.41. The summed E-state index contributed by atoms with van der Waals surface area (Å²) < 4.78 is 9.74. The van der Waals surface area contributed by atoms with E-state index in [1.807, 2.05) is 24.3 Å². The van der Waals surface area contributed by atoms with Crippen molar-refractivity contribution in [2.45, 2.75) is 46.0 Å². The molecule has 0 aliphatic rings. The normalized spacial score (nSPS) is 10.2. The number of rotatable bonds is 8. The molecule has 0 bridgehead atoms. The number of ether oxygens (including phenoxy) is 2. The van der Waals surface area contributed by atoms with Crippen LogP contribution in [0.3, 0.4) is 0 Å². The summed E-state index contributed by atoms with van der Waals surface area (Å²) in [5.41, 5.74) is 9.85. The molecule has 4 nitrogen and oxygen atoms in total. The van der Waals surface area contributed by atoms with Crippen molar-refractivity contribution in [1.82, 2.24) is 0 Å². The van der Waals surface area contributed by atoms with E-state index < -0.39 is 0 Å². The zero-order chi connectivity index (χ0) is 22.7. The fraction of sp³-hybridized carbons (Fsp3) is 0.259. The Hall–Kier alpha value is -3.58. The molecule has 2 rings (SSSR count). The minimum absolute atomic E-state index is 0.177. The lowest BCUT2D eigenvalue weighted by atomic mass is 9.78. The highest BCUT2D eigenvalue weighted by molar-refractivity contribution is 5.70. The highest BCUT2D eigenvalue weighted by atomic mass is 16.5.